The molecule has 112 valence electrons. The Balaban J connectivity index is 2.06. The lowest BCUT2D eigenvalue weighted by molar-refractivity contribution is -0.135. The number of hydrogen-bond donors (Lipinski definition) is 0. The Hall–Kier alpha value is -2.62. The fraction of sp³-hybridized carbons (Fsp3) is 0.222. The zero-order valence-electron chi connectivity index (χ0n) is 12.5. The van der Waals surface area contributed by atoms with E-state index in [-0.39, 0.29) is 5.97 Å². The molecule has 0 bridgehead atoms. The van der Waals surface area contributed by atoms with Crippen LogP contribution in [-0.2, 0) is 9.53 Å². The Kier molecular flexibility index (Phi) is 4.19. The highest BCUT2D eigenvalue weighted by atomic mass is 16.5. The van der Waals surface area contributed by atoms with E-state index in [1.807, 2.05) is 53.7 Å². The van der Waals surface area contributed by atoms with Crippen molar-refractivity contribution in [3.63, 3.8) is 0 Å². The molecule has 4 heteroatoms. The minimum Gasteiger partial charge on any atom is -0.461 e. The summed E-state index contributed by atoms with van der Waals surface area (Å²) in [4.78, 5) is 18.6. The fourth-order valence-electron chi connectivity index (χ4n) is 2.45. The molecule has 3 rings (SSSR count). The third kappa shape index (κ3) is 2.72. The Bertz CT molecular complexity index is 788. The minimum absolute atomic E-state index is 0.353. The van der Waals surface area contributed by atoms with Gasteiger partial charge in [0.1, 0.15) is 0 Å². The maximum Gasteiger partial charge on any atom is 0.359 e. The number of esters is 1. The average Bonchev–Trinajstić information content (AvgIpc) is 2.74. The van der Waals surface area contributed by atoms with E-state index in [0.29, 0.717) is 12.3 Å². The van der Waals surface area contributed by atoms with Crippen molar-refractivity contribution >= 4 is 23.5 Å². The first-order chi connectivity index (χ1) is 10.8. The van der Waals surface area contributed by atoms with E-state index in [4.69, 9.17) is 4.74 Å². The topological polar surface area (TPSA) is 41.9 Å². The minimum atomic E-state index is -0.372. The highest BCUT2D eigenvalue weighted by molar-refractivity contribution is 6.52. The van der Waals surface area contributed by atoms with Crippen LogP contribution in [0.3, 0.4) is 0 Å². The summed E-state index contributed by atoms with van der Waals surface area (Å²) in [6.07, 6.45) is 11.2. The normalized spacial score (nSPS) is 15.4. The molecule has 0 spiro atoms. The summed E-state index contributed by atoms with van der Waals surface area (Å²) in [5.41, 5.74) is 1.12. The average molecular weight is 294 g/mol. The molecular weight excluding hydrogens is 276 g/mol. The molecule has 1 aromatic rings. The van der Waals surface area contributed by atoms with Crippen molar-refractivity contribution in [3.05, 3.63) is 59.4 Å². The summed E-state index contributed by atoms with van der Waals surface area (Å²) in [5, 5.41) is 2.03. The van der Waals surface area contributed by atoms with Crippen molar-refractivity contribution in [2.24, 2.45) is 4.99 Å². The molecule has 0 saturated carbocycles. The van der Waals surface area contributed by atoms with E-state index in [1.54, 1.807) is 6.20 Å². The maximum atomic E-state index is 12.4. The van der Waals surface area contributed by atoms with Crippen LogP contribution in [0.1, 0.15) is 19.8 Å². The van der Waals surface area contributed by atoms with Gasteiger partial charge in [-0.05, 0) is 17.7 Å². The van der Waals surface area contributed by atoms with E-state index in [1.165, 1.54) is 0 Å². The number of ether oxygens (including phenoxy) is 1. The first-order valence-corrected chi connectivity index (χ1v) is 7.49. The number of nitrogens with zero attached hydrogens (tertiary/aromatic N) is 2. The molecule has 0 aromatic heterocycles. The van der Waals surface area contributed by atoms with E-state index in [2.05, 4.69) is 11.9 Å². The first kappa shape index (κ1) is 14.3. The predicted molar refractivity (Wildman–Crippen MR) is 87.0 cm³/mol. The van der Waals surface area contributed by atoms with Gasteiger partial charge in [-0.15, -0.1) is 0 Å². The molecule has 2 aliphatic rings. The Morgan fingerprint density at radius 3 is 3.00 bits per heavy atom. The maximum absolute atomic E-state index is 12.4. The highest BCUT2D eigenvalue weighted by Gasteiger charge is 2.24. The predicted octanol–water partition coefficient (Wildman–Crippen LogP) is 1.67. The number of allylic oxidation sites excluding steroid dienone is 1. The van der Waals surface area contributed by atoms with E-state index in [0.717, 1.165) is 29.0 Å². The molecule has 22 heavy (non-hydrogen) atoms. The van der Waals surface area contributed by atoms with Crippen LogP contribution < -0.4 is 10.4 Å². The molecule has 2 aliphatic heterocycles. The lowest BCUT2D eigenvalue weighted by atomic mass is 10.1. The van der Waals surface area contributed by atoms with Crippen molar-refractivity contribution in [1.29, 1.82) is 0 Å². The first-order valence-electron chi connectivity index (χ1n) is 7.49. The van der Waals surface area contributed by atoms with Gasteiger partial charge < -0.3 is 9.64 Å². The van der Waals surface area contributed by atoms with E-state index < -0.39 is 0 Å². The molecule has 2 heterocycles. The summed E-state index contributed by atoms with van der Waals surface area (Å²) in [6, 6.07) is 7.96. The van der Waals surface area contributed by atoms with Crippen LogP contribution in [0.4, 0.5) is 0 Å². The van der Waals surface area contributed by atoms with Crippen LogP contribution in [0.15, 0.2) is 53.9 Å². The number of unbranched alkanes of at least 4 members (excludes halogenated alkanes) is 1. The van der Waals surface area contributed by atoms with Gasteiger partial charge in [0, 0.05) is 23.8 Å². The number of carbonyl (C=O) groups excluding carboxylic acids is 1. The van der Waals surface area contributed by atoms with Gasteiger partial charge in [-0.1, -0.05) is 43.7 Å². The van der Waals surface area contributed by atoms with Gasteiger partial charge in [0.25, 0.3) is 0 Å². The summed E-state index contributed by atoms with van der Waals surface area (Å²) in [6.45, 7) is 2.49. The number of hydrogen-bond acceptors (Lipinski definition) is 4. The summed E-state index contributed by atoms with van der Waals surface area (Å²) in [5.74, 6) is -0.372. The molecular formula is C18H18N2O2. The van der Waals surface area contributed by atoms with Gasteiger partial charge in [-0.2, -0.15) is 0 Å². The molecule has 0 saturated heterocycles. The second-order valence-electron chi connectivity index (χ2n) is 5.12. The van der Waals surface area contributed by atoms with Gasteiger partial charge in [0.15, 0.2) is 5.71 Å². The second-order valence-corrected chi connectivity index (χ2v) is 5.12. The molecule has 0 N–H and O–H groups in total. The molecule has 0 fully saturated rings. The molecule has 4 nitrogen and oxygen atoms in total. The van der Waals surface area contributed by atoms with Gasteiger partial charge in [-0.3, -0.25) is 0 Å². The van der Waals surface area contributed by atoms with Crippen LogP contribution in [0.25, 0.3) is 11.8 Å². The Morgan fingerprint density at radius 2 is 2.14 bits per heavy atom. The summed E-state index contributed by atoms with van der Waals surface area (Å²) >= 11 is 0. The van der Waals surface area contributed by atoms with E-state index >= 15 is 0 Å². The van der Waals surface area contributed by atoms with Gasteiger partial charge in [0.2, 0.25) is 0 Å². The van der Waals surface area contributed by atoms with Gasteiger partial charge >= 0.3 is 5.97 Å². The molecule has 0 aliphatic carbocycles. The van der Waals surface area contributed by atoms with Gasteiger partial charge in [-0.25, -0.2) is 9.79 Å². The standard InChI is InChI=1S/C18H18N2O2/c1-2-3-13-22-18(21)16-17-15-9-5-4-7-14(15)8-6-11-20(17)12-10-19-16/h4-12H,2-3,13H2,1H3. The number of benzene rings is 1. The molecule has 0 radical (unpaired) electrons. The van der Waals surface area contributed by atoms with Gasteiger partial charge in [0.05, 0.1) is 12.3 Å². The SMILES string of the molecule is CCCCOC(=O)C1=NC=CN2C=CC=c3ccccc3=C12. The van der Waals surface area contributed by atoms with Crippen LogP contribution in [0.5, 0.6) is 0 Å². The smallest absolute Gasteiger partial charge is 0.359 e. The molecule has 0 unspecified atom stereocenters. The van der Waals surface area contributed by atoms with Crippen molar-refractivity contribution in [1.82, 2.24) is 4.90 Å². The van der Waals surface area contributed by atoms with Crippen LogP contribution in [0.2, 0.25) is 0 Å². The highest BCUT2D eigenvalue weighted by Crippen LogP contribution is 2.16. The summed E-state index contributed by atoms with van der Waals surface area (Å²) in [7, 11) is 0. The number of aliphatic imine (C=N–C) groups is 1. The lowest BCUT2D eigenvalue weighted by Crippen LogP contribution is -2.37. The monoisotopic (exact) mass is 294 g/mol. The zero-order chi connectivity index (χ0) is 15.4. The quantitative estimate of drug-likeness (QED) is 0.626. The second kappa shape index (κ2) is 6.43. The molecule has 0 atom stereocenters. The van der Waals surface area contributed by atoms with Crippen LogP contribution in [-0.4, -0.2) is 23.2 Å². The van der Waals surface area contributed by atoms with Crippen molar-refractivity contribution in [3.8, 4) is 0 Å². The van der Waals surface area contributed by atoms with E-state index in [9.17, 15) is 4.79 Å². The van der Waals surface area contributed by atoms with Crippen molar-refractivity contribution < 1.29 is 9.53 Å². The Morgan fingerprint density at radius 1 is 1.27 bits per heavy atom. The zero-order valence-corrected chi connectivity index (χ0v) is 12.5. The van der Waals surface area contributed by atoms with Crippen molar-refractivity contribution in [2.75, 3.05) is 6.61 Å². The lowest BCUT2D eigenvalue weighted by Gasteiger charge is -2.22. The number of carbonyl (C=O) groups is 1. The van der Waals surface area contributed by atoms with Crippen LogP contribution >= 0.6 is 0 Å². The molecule has 0 amide bonds. The third-order valence-electron chi connectivity index (χ3n) is 3.58. The largest absolute Gasteiger partial charge is 0.461 e. The molecule has 1 aromatic carbocycles. The van der Waals surface area contributed by atoms with Crippen LogP contribution in [0, 0.1) is 0 Å². The number of fused-ring (bicyclic) bond motifs is 2. The number of rotatable bonds is 4. The fourth-order valence-corrected chi connectivity index (χ4v) is 2.45. The summed E-state index contributed by atoms with van der Waals surface area (Å²) < 4.78 is 5.34. The van der Waals surface area contributed by atoms with Crippen molar-refractivity contribution in [2.45, 2.75) is 19.8 Å². The third-order valence-corrected chi connectivity index (χ3v) is 3.58. The Labute approximate surface area is 129 Å².